The van der Waals surface area contributed by atoms with Gasteiger partial charge < -0.3 is 29.5 Å². The van der Waals surface area contributed by atoms with Gasteiger partial charge in [-0.3, -0.25) is 4.98 Å². The normalized spacial score (nSPS) is 27.7. The highest BCUT2D eigenvalue weighted by molar-refractivity contribution is 6.30. The molecule has 2 N–H and O–H groups in total. The van der Waals surface area contributed by atoms with Crippen molar-refractivity contribution in [3.63, 3.8) is 0 Å². The molecule has 8 nitrogen and oxygen atoms in total. The van der Waals surface area contributed by atoms with Crippen molar-refractivity contribution < 1.29 is 24.1 Å². The molecule has 3 aromatic rings. The molecule has 2 aromatic carbocycles. The van der Waals surface area contributed by atoms with E-state index in [0.717, 1.165) is 61.6 Å². The fraction of sp³-hybridized carbons (Fsp3) is 0.561. The van der Waals surface area contributed by atoms with Crippen molar-refractivity contribution in [2.45, 2.75) is 88.5 Å². The average Bonchev–Trinajstić information content (AvgIpc) is 3.21. The van der Waals surface area contributed by atoms with Gasteiger partial charge in [0.25, 0.3) is 0 Å². The topological polar surface area (TPSA) is 93.2 Å². The van der Waals surface area contributed by atoms with Gasteiger partial charge in [0.05, 0.1) is 19.8 Å². The zero-order valence-electron chi connectivity index (χ0n) is 30.0. The molecule has 0 radical (unpaired) electrons. The summed E-state index contributed by atoms with van der Waals surface area (Å²) in [7, 11) is 4.16. The standard InChI is InChI=1S/C41H52ClN3O5/c1-26(23-48-35-11-16-43-34-10-5-7-27(2)38(34)35)17-30-18-29-19-36-37(50-25-28(24-49-36)22-45(3)4)21-33(29)40(30)12-14-41(15-13-40,39(46)47)44-32-9-6-8-31(42)20-32/h6,8-9,11,16,19-21,26-28,30,44H,5,7,10,12-15,17-18,22-25H2,1-4H3,(H,46,47)/t26-,27-,28?,30?,40?,41?/m1/s1. The van der Waals surface area contributed by atoms with E-state index < -0.39 is 11.5 Å². The monoisotopic (exact) mass is 701 g/mol. The maximum absolute atomic E-state index is 13.0. The van der Waals surface area contributed by atoms with E-state index in [4.69, 9.17) is 25.8 Å². The molecule has 50 heavy (non-hydrogen) atoms. The number of nitrogens with one attached hydrogen (secondary N) is 1. The molecule has 1 aliphatic heterocycles. The molecule has 3 aliphatic carbocycles. The zero-order valence-corrected chi connectivity index (χ0v) is 30.7. The smallest absolute Gasteiger partial charge is 0.329 e. The van der Waals surface area contributed by atoms with Gasteiger partial charge >= 0.3 is 5.97 Å². The number of ether oxygens (including phenoxy) is 3. The van der Waals surface area contributed by atoms with Crippen LogP contribution in [0.5, 0.6) is 17.2 Å². The Bertz CT molecular complexity index is 1700. The van der Waals surface area contributed by atoms with Crippen molar-refractivity contribution in [2.24, 2.45) is 17.8 Å². The average molecular weight is 702 g/mol. The first-order valence-electron chi connectivity index (χ1n) is 18.5. The van der Waals surface area contributed by atoms with Crippen molar-refractivity contribution in [1.82, 2.24) is 9.88 Å². The summed E-state index contributed by atoms with van der Waals surface area (Å²) in [5, 5.41) is 14.7. The van der Waals surface area contributed by atoms with Gasteiger partial charge in [-0.25, -0.2) is 4.79 Å². The minimum atomic E-state index is -1.07. The number of hydrogen-bond donors (Lipinski definition) is 2. The van der Waals surface area contributed by atoms with Crippen LogP contribution >= 0.6 is 11.6 Å². The molecule has 2 heterocycles. The maximum Gasteiger partial charge on any atom is 0.329 e. The number of fused-ring (bicyclic) bond motifs is 4. The van der Waals surface area contributed by atoms with Gasteiger partial charge in [0.1, 0.15) is 11.3 Å². The number of aryl methyl sites for hydroxylation is 1. The Morgan fingerprint density at radius 1 is 1.12 bits per heavy atom. The van der Waals surface area contributed by atoms with E-state index in [0.29, 0.717) is 55.4 Å². The molecule has 1 aromatic heterocycles. The highest BCUT2D eigenvalue weighted by atomic mass is 35.5. The Labute approximate surface area is 301 Å². The molecule has 268 valence electrons. The number of carboxylic acids is 1. The molecular weight excluding hydrogens is 650 g/mol. The van der Waals surface area contributed by atoms with Crippen LogP contribution in [0, 0.1) is 17.8 Å². The van der Waals surface area contributed by atoms with Gasteiger partial charge in [0.2, 0.25) is 0 Å². The van der Waals surface area contributed by atoms with Gasteiger partial charge in [0, 0.05) is 40.6 Å². The minimum Gasteiger partial charge on any atom is -0.493 e. The fourth-order valence-electron chi connectivity index (χ4n) is 9.42. The number of benzene rings is 2. The first kappa shape index (κ1) is 34.9. The number of aliphatic carboxylic acids is 1. The van der Waals surface area contributed by atoms with Crippen molar-refractivity contribution in [2.75, 3.05) is 45.8 Å². The molecule has 1 fully saturated rings. The van der Waals surface area contributed by atoms with Gasteiger partial charge in [-0.2, -0.15) is 0 Å². The summed E-state index contributed by atoms with van der Waals surface area (Å²) in [6, 6.07) is 13.9. The van der Waals surface area contributed by atoms with Crippen LogP contribution in [0.3, 0.4) is 0 Å². The quantitative estimate of drug-likeness (QED) is 0.219. The number of nitrogens with zero attached hydrogens (tertiary/aromatic N) is 2. The second-order valence-corrected chi connectivity index (χ2v) is 16.3. The lowest BCUT2D eigenvalue weighted by molar-refractivity contribution is -0.144. The Morgan fingerprint density at radius 3 is 2.60 bits per heavy atom. The first-order valence-corrected chi connectivity index (χ1v) is 18.9. The Morgan fingerprint density at radius 2 is 1.88 bits per heavy atom. The lowest BCUT2D eigenvalue weighted by Crippen LogP contribution is -2.53. The molecule has 2 unspecified atom stereocenters. The molecule has 4 aliphatic rings. The Hall–Kier alpha value is -3.49. The van der Waals surface area contributed by atoms with Gasteiger partial charge in [-0.05, 0) is 143 Å². The molecular formula is C41H52ClN3O5. The number of hydrogen-bond acceptors (Lipinski definition) is 7. The Kier molecular flexibility index (Phi) is 9.97. The molecule has 0 amide bonds. The van der Waals surface area contributed by atoms with E-state index in [2.05, 4.69) is 55.3 Å². The molecule has 1 spiro atoms. The van der Waals surface area contributed by atoms with Crippen LogP contribution in [0.2, 0.25) is 5.02 Å². The van der Waals surface area contributed by atoms with Crippen LogP contribution in [0.25, 0.3) is 0 Å². The maximum atomic E-state index is 13.0. The van der Waals surface area contributed by atoms with Gasteiger partial charge in [-0.1, -0.05) is 31.5 Å². The summed E-state index contributed by atoms with van der Waals surface area (Å²) >= 11 is 6.29. The largest absolute Gasteiger partial charge is 0.493 e. The van der Waals surface area contributed by atoms with Crippen LogP contribution in [0.4, 0.5) is 5.69 Å². The molecule has 7 rings (SSSR count). The predicted molar refractivity (Wildman–Crippen MR) is 197 cm³/mol. The van der Waals surface area contributed by atoms with E-state index in [1.807, 2.05) is 36.5 Å². The van der Waals surface area contributed by atoms with Crippen molar-refractivity contribution >= 4 is 23.3 Å². The van der Waals surface area contributed by atoms with E-state index >= 15 is 0 Å². The molecule has 0 saturated heterocycles. The fourth-order valence-corrected chi connectivity index (χ4v) is 9.62. The van der Waals surface area contributed by atoms with Crippen LogP contribution < -0.4 is 19.5 Å². The third-order valence-electron chi connectivity index (χ3n) is 11.9. The first-order chi connectivity index (χ1) is 24.0. The highest BCUT2D eigenvalue weighted by Crippen LogP contribution is 2.58. The third kappa shape index (κ3) is 6.90. The van der Waals surface area contributed by atoms with E-state index in [1.165, 1.54) is 35.2 Å². The van der Waals surface area contributed by atoms with Crippen LogP contribution in [-0.4, -0.2) is 67.0 Å². The summed E-state index contributed by atoms with van der Waals surface area (Å²) in [5.74, 6) is 3.20. The number of rotatable bonds is 10. The van der Waals surface area contributed by atoms with Gasteiger partial charge in [0.15, 0.2) is 11.5 Å². The highest BCUT2D eigenvalue weighted by Gasteiger charge is 2.54. The minimum absolute atomic E-state index is 0.170. The van der Waals surface area contributed by atoms with E-state index in [-0.39, 0.29) is 11.3 Å². The third-order valence-corrected chi connectivity index (χ3v) is 12.2. The van der Waals surface area contributed by atoms with Crippen molar-refractivity contribution in [3.05, 3.63) is 76.1 Å². The van der Waals surface area contributed by atoms with E-state index in [1.54, 1.807) is 0 Å². The number of aromatic nitrogens is 1. The van der Waals surface area contributed by atoms with Gasteiger partial charge in [-0.15, -0.1) is 0 Å². The Balaban J connectivity index is 1.15. The number of anilines is 1. The second-order valence-electron chi connectivity index (χ2n) is 15.9. The molecule has 4 atom stereocenters. The number of carboxylic acid groups (broad SMARTS) is 1. The number of carbonyl (C=O) groups is 1. The summed E-state index contributed by atoms with van der Waals surface area (Å²) in [5.41, 5.74) is 4.58. The zero-order chi connectivity index (χ0) is 35.0. The van der Waals surface area contributed by atoms with Crippen molar-refractivity contribution in [3.8, 4) is 17.2 Å². The summed E-state index contributed by atoms with van der Waals surface area (Å²) < 4.78 is 19.4. The second kappa shape index (κ2) is 14.3. The van der Waals surface area contributed by atoms with Crippen LogP contribution in [0.15, 0.2) is 48.7 Å². The lowest BCUT2D eigenvalue weighted by atomic mass is 9.59. The summed E-state index contributed by atoms with van der Waals surface area (Å²) in [6.07, 6.45) is 9.72. The number of halogens is 1. The summed E-state index contributed by atoms with van der Waals surface area (Å²) in [4.78, 5) is 19.9. The predicted octanol–water partition coefficient (Wildman–Crippen LogP) is 8.15. The molecule has 9 heteroatoms. The van der Waals surface area contributed by atoms with Crippen LogP contribution in [0.1, 0.15) is 87.1 Å². The summed E-state index contributed by atoms with van der Waals surface area (Å²) in [6.45, 7) is 7.35. The molecule has 1 saturated carbocycles. The number of pyridine rings is 1. The lowest BCUT2D eigenvalue weighted by Gasteiger charge is -2.47. The van der Waals surface area contributed by atoms with E-state index in [9.17, 15) is 9.90 Å². The van der Waals surface area contributed by atoms with Crippen LogP contribution in [-0.2, 0) is 23.1 Å². The van der Waals surface area contributed by atoms with Crippen molar-refractivity contribution in [1.29, 1.82) is 0 Å². The molecule has 0 bridgehead atoms. The SMILES string of the molecule is C[C@@H](COc1ccnc2c1[C@H](C)CCC2)CC1Cc2cc3c(cc2C12CCC(Nc1cccc(Cl)c1)(C(=O)O)CC2)OCC(CN(C)C)CO3.